The van der Waals surface area contributed by atoms with Crippen LogP contribution in [0.5, 0.6) is 11.5 Å². The van der Waals surface area contributed by atoms with Crippen LogP contribution in [0.25, 0.3) is 15.7 Å². The van der Waals surface area contributed by atoms with Crippen molar-refractivity contribution in [3.05, 3.63) is 101 Å². The van der Waals surface area contributed by atoms with Crippen LogP contribution in [0, 0.1) is 12.3 Å². The molecule has 0 radical (unpaired) electrons. The zero-order valence-corrected chi connectivity index (χ0v) is 20.7. The molecule has 0 spiro atoms. The summed E-state index contributed by atoms with van der Waals surface area (Å²) in [4.78, 5) is 2.83. The second-order valence-electron chi connectivity index (χ2n) is 8.58. The summed E-state index contributed by atoms with van der Waals surface area (Å²) < 4.78 is 31.7. The van der Waals surface area contributed by atoms with E-state index in [4.69, 9.17) is 9.58 Å². The van der Waals surface area contributed by atoms with Gasteiger partial charge < -0.3 is 9.29 Å². The molecule has 0 fully saturated rings. The van der Waals surface area contributed by atoms with Crippen LogP contribution in [0.4, 0.5) is 5.69 Å². The topological polar surface area (TPSA) is 94.6 Å². The summed E-state index contributed by atoms with van der Waals surface area (Å²) in [6.45, 7) is 6.36. The summed E-state index contributed by atoms with van der Waals surface area (Å²) >= 11 is 0. The van der Waals surface area contributed by atoms with E-state index in [2.05, 4.69) is 50.0 Å². The van der Waals surface area contributed by atoms with E-state index in [1.165, 1.54) is 41.5 Å². The molecule has 6 nitrogen and oxygen atoms in total. The second-order valence-corrected chi connectivity index (χ2v) is 10.1. The van der Waals surface area contributed by atoms with Crippen LogP contribution >= 0.6 is 0 Å². The molecule has 0 amide bonds. The Hall–Kier alpha value is -3.89. The maximum Gasteiger partial charge on any atom is 0.378 e. The standard InChI is InChI=1S/C28H26N2O4S/c1-4-28(5-2,20-11-9-19(3)10-12-20)21-13-15-22(16-14-21)34-35(32,33)26-8-6-7-24-23(26)17-18-25(30-29)27(24)31/h6-18H,4-5H2,1-3H3. The minimum absolute atomic E-state index is 0.128. The molecule has 0 aromatic heterocycles. The summed E-state index contributed by atoms with van der Waals surface area (Å²) in [6, 6.07) is 22.7. The third-order valence-corrected chi connectivity index (χ3v) is 8.06. The molecule has 0 aliphatic carbocycles. The van der Waals surface area contributed by atoms with Gasteiger partial charge in [0.25, 0.3) is 0 Å². The molecule has 0 bridgehead atoms. The Kier molecular flexibility index (Phi) is 6.51. The van der Waals surface area contributed by atoms with Crippen molar-refractivity contribution in [1.82, 2.24) is 0 Å². The molecule has 0 heterocycles. The molecule has 4 rings (SSSR count). The van der Waals surface area contributed by atoms with Gasteiger partial charge in [-0.1, -0.05) is 67.9 Å². The van der Waals surface area contributed by atoms with Crippen molar-refractivity contribution >= 4 is 26.6 Å². The van der Waals surface area contributed by atoms with Crippen LogP contribution in [0.1, 0.15) is 43.4 Å². The molecule has 0 saturated heterocycles. The lowest BCUT2D eigenvalue weighted by Crippen LogP contribution is -2.26. The summed E-state index contributed by atoms with van der Waals surface area (Å²) in [7, 11) is -4.22. The smallest absolute Gasteiger partial charge is 0.378 e. The van der Waals surface area contributed by atoms with E-state index in [1.54, 1.807) is 12.1 Å². The number of benzene rings is 4. The van der Waals surface area contributed by atoms with Crippen LogP contribution in [0.2, 0.25) is 0 Å². The Morgan fingerprint density at radius 3 is 2.03 bits per heavy atom. The van der Waals surface area contributed by atoms with E-state index in [9.17, 15) is 13.5 Å². The highest BCUT2D eigenvalue weighted by Gasteiger charge is 2.31. The van der Waals surface area contributed by atoms with E-state index in [1.807, 2.05) is 12.1 Å². The van der Waals surface area contributed by atoms with Gasteiger partial charge in [0, 0.05) is 16.9 Å². The summed E-state index contributed by atoms with van der Waals surface area (Å²) in [5, 5.41) is 21.8. The van der Waals surface area contributed by atoms with E-state index in [0.29, 0.717) is 0 Å². The highest BCUT2D eigenvalue weighted by atomic mass is 32.2. The number of diazo groups is 1. The number of hydrogen-bond donors (Lipinski definition) is 0. The van der Waals surface area contributed by atoms with Crippen molar-refractivity contribution in [1.29, 1.82) is 5.39 Å². The maximum atomic E-state index is 13.1. The third kappa shape index (κ3) is 4.33. The molecular weight excluding hydrogens is 460 g/mol. The van der Waals surface area contributed by atoms with Crippen molar-refractivity contribution in [2.75, 3.05) is 0 Å². The first kappa shape index (κ1) is 24.2. The van der Waals surface area contributed by atoms with Crippen molar-refractivity contribution in [2.45, 2.75) is 43.9 Å². The first-order valence-electron chi connectivity index (χ1n) is 11.5. The maximum absolute atomic E-state index is 13.1. The summed E-state index contributed by atoms with van der Waals surface area (Å²) in [5.74, 6) is -0.377. The van der Waals surface area contributed by atoms with Crippen LogP contribution in [0.3, 0.4) is 0 Å². The average Bonchev–Trinajstić information content (AvgIpc) is 2.87. The van der Waals surface area contributed by atoms with Crippen LogP contribution in [-0.4, -0.2) is 8.42 Å². The fourth-order valence-electron chi connectivity index (χ4n) is 4.69. The van der Waals surface area contributed by atoms with Crippen molar-refractivity contribution in [3.63, 3.8) is 0 Å². The predicted octanol–water partition coefficient (Wildman–Crippen LogP) is 6.58. The fourth-order valence-corrected chi connectivity index (χ4v) is 5.84. The van der Waals surface area contributed by atoms with Gasteiger partial charge in [0.1, 0.15) is 10.6 Å². The minimum atomic E-state index is -4.22. The number of fused-ring (bicyclic) bond motifs is 1. The highest BCUT2D eigenvalue weighted by Crippen LogP contribution is 2.40. The zero-order valence-electron chi connectivity index (χ0n) is 19.9. The van der Waals surface area contributed by atoms with E-state index in [0.717, 1.165) is 18.4 Å². The molecule has 0 atom stereocenters. The average molecular weight is 487 g/mol. The third-order valence-electron chi connectivity index (χ3n) is 6.75. The quantitative estimate of drug-likeness (QED) is 0.217. The van der Waals surface area contributed by atoms with Gasteiger partial charge in [0.05, 0.1) is 0 Å². The Morgan fingerprint density at radius 1 is 0.857 bits per heavy atom. The Bertz CT molecular complexity index is 1520. The van der Waals surface area contributed by atoms with Gasteiger partial charge in [0.2, 0.25) is 5.39 Å². The van der Waals surface area contributed by atoms with Gasteiger partial charge >= 0.3 is 15.8 Å². The zero-order chi connectivity index (χ0) is 25.2. The Balaban J connectivity index is 1.69. The molecule has 0 aliphatic rings. The molecule has 35 heavy (non-hydrogen) atoms. The number of hydrogen-bond acceptors (Lipinski definition) is 5. The predicted molar refractivity (Wildman–Crippen MR) is 135 cm³/mol. The lowest BCUT2D eigenvalue weighted by Gasteiger charge is -2.33. The molecule has 4 aromatic rings. The van der Waals surface area contributed by atoms with Gasteiger partial charge in [-0.2, -0.15) is 8.42 Å². The first-order chi connectivity index (χ1) is 16.8. The molecule has 0 unspecified atom stereocenters. The number of rotatable bonds is 7. The molecule has 0 N–H and O–H groups in total. The molecule has 4 aromatic carbocycles. The van der Waals surface area contributed by atoms with E-state index >= 15 is 0 Å². The highest BCUT2D eigenvalue weighted by molar-refractivity contribution is 7.87. The SMILES string of the molecule is CCC(CC)(c1ccc(C)cc1)c1ccc(OS(=O)(=O)c2cccc3c([O-])c([N+]#N)ccc23)cc1. The Labute approximate surface area is 205 Å². The van der Waals surface area contributed by atoms with Gasteiger partial charge in [-0.15, -0.1) is 0 Å². The minimum Gasteiger partial charge on any atom is -0.867 e. The molecule has 0 saturated carbocycles. The second kappa shape index (κ2) is 9.40. The van der Waals surface area contributed by atoms with Gasteiger partial charge in [-0.05, 0) is 66.3 Å². The molecule has 178 valence electrons. The number of aryl methyl sites for hydroxylation is 1. The Morgan fingerprint density at radius 2 is 1.46 bits per heavy atom. The van der Waals surface area contributed by atoms with Crippen LogP contribution < -0.4 is 9.29 Å². The van der Waals surface area contributed by atoms with Gasteiger partial charge in [-0.25, -0.2) is 0 Å². The lowest BCUT2D eigenvalue weighted by atomic mass is 9.70. The molecular formula is C28H26N2O4S. The largest absolute Gasteiger partial charge is 0.867 e. The lowest BCUT2D eigenvalue weighted by molar-refractivity contribution is -0.264. The van der Waals surface area contributed by atoms with Crippen LogP contribution in [-0.2, 0) is 15.5 Å². The normalized spacial score (nSPS) is 11.8. The monoisotopic (exact) mass is 486 g/mol. The molecule has 7 heteroatoms. The van der Waals surface area contributed by atoms with E-state index in [-0.39, 0.29) is 32.5 Å². The van der Waals surface area contributed by atoms with Crippen LogP contribution in [0.15, 0.2) is 83.8 Å². The van der Waals surface area contributed by atoms with Crippen molar-refractivity contribution in [3.8, 4) is 11.5 Å². The van der Waals surface area contributed by atoms with Crippen molar-refractivity contribution in [2.24, 2.45) is 0 Å². The number of nitrogens with zero attached hydrogens (tertiary/aromatic N) is 2. The summed E-state index contributed by atoms with van der Waals surface area (Å²) in [5.41, 5.74) is 3.14. The first-order valence-corrected chi connectivity index (χ1v) is 12.9. The van der Waals surface area contributed by atoms with Gasteiger partial charge in [-0.3, -0.25) is 0 Å². The fraction of sp³-hybridized carbons (Fsp3) is 0.214. The van der Waals surface area contributed by atoms with Gasteiger partial charge in [0.15, 0.2) is 4.98 Å². The van der Waals surface area contributed by atoms with Crippen molar-refractivity contribution < 1.29 is 17.7 Å². The molecule has 0 aliphatic heterocycles. The summed E-state index contributed by atoms with van der Waals surface area (Å²) in [6.07, 6.45) is 1.78. The van der Waals surface area contributed by atoms with E-state index < -0.39 is 15.9 Å².